The maximum absolute atomic E-state index is 12.8. The van der Waals surface area contributed by atoms with Gasteiger partial charge < -0.3 is 4.74 Å². The van der Waals surface area contributed by atoms with Crippen LogP contribution < -0.4 is 10.1 Å². The van der Waals surface area contributed by atoms with E-state index in [0.29, 0.717) is 17.7 Å². The van der Waals surface area contributed by atoms with Gasteiger partial charge in [-0.2, -0.15) is 13.2 Å². The molecule has 1 fully saturated rings. The molecule has 8 nitrogen and oxygen atoms in total. The van der Waals surface area contributed by atoms with E-state index in [2.05, 4.69) is 11.9 Å². The Morgan fingerprint density at radius 1 is 1.18 bits per heavy atom. The van der Waals surface area contributed by atoms with Crippen molar-refractivity contribution in [2.75, 3.05) is 6.54 Å². The molecule has 2 aromatic carbocycles. The van der Waals surface area contributed by atoms with Gasteiger partial charge in [-0.15, -0.1) is 6.58 Å². The summed E-state index contributed by atoms with van der Waals surface area (Å²) in [6.45, 7) is 3.64. The highest BCUT2D eigenvalue weighted by Crippen LogP contribution is 2.37. The van der Waals surface area contributed by atoms with Gasteiger partial charge in [0.1, 0.15) is 11.3 Å². The first kappa shape index (κ1) is 23.6. The lowest BCUT2D eigenvalue weighted by Crippen LogP contribution is -2.53. The van der Waals surface area contributed by atoms with Crippen molar-refractivity contribution in [3.05, 3.63) is 81.9 Å². The normalized spacial score (nSPS) is 15.4. The van der Waals surface area contributed by atoms with Gasteiger partial charge in [0.25, 0.3) is 11.8 Å². The van der Waals surface area contributed by atoms with Crippen molar-refractivity contribution in [2.24, 2.45) is 0 Å². The molecule has 0 aromatic heterocycles. The molecule has 0 saturated carbocycles. The molecule has 1 N–H and O–H groups in total. The number of nitro benzene ring substituents is 1. The monoisotopic (exact) mass is 477 g/mol. The van der Waals surface area contributed by atoms with Crippen molar-refractivity contribution in [1.29, 1.82) is 0 Å². The molecule has 170 valence electrons. The van der Waals surface area contributed by atoms with Gasteiger partial charge in [-0.25, -0.2) is 0 Å². The Morgan fingerprint density at radius 3 is 2.42 bits per heavy atom. The highest BCUT2D eigenvalue weighted by atomic mass is 32.1. The molecule has 0 unspecified atom stereocenters. The van der Waals surface area contributed by atoms with Crippen LogP contribution >= 0.6 is 12.2 Å². The molecule has 1 aliphatic heterocycles. The molecule has 3 rings (SSSR count). The van der Waals surface area contributed by atoms with E-state index in [9.17, 15) is 32.9 Å². The number of hydrogen-bond acceptors (Lipinski definition) is 6. The molecule has 0 radical (unpaired) electrons. The Kier molecular flexibility index (Phi) is 6.58. The predicted molar refractivity (Wildman–Crippen MR) is 115 cm³/mol. The molecule has 33 heavy (non-hydrogen) atoms. The fourth-order valence-electron chi connectivity index (χ4n) is 2.84. The Morgan fingerprint density at radius 2 is 1.85 bits per heavy atom. The third-order valence-corrected chi connectivity index (χ3v) is 4.72. The van der Waals surface area contributed by atoms with Crippen LogP contribution in [-0.4, -0.2) is 33.3 Å². The number of hydrogen-bond donors (Lipinski definition) is 1. The van der Waals surface area contributed by atoms with E-state index >= 15 is 0 Å². The third-order valence-electron chi connectivity index (χ3n) is 4.40. The SMILES string of the molecule is C=CCN1C(=O)/C(=C/c2ccc(Oc3ccc(C(F)(F)F)cc3[N+](=O)[O-])cc2)C(=O)NC1=S. The molecule has 1 saturated heterocycles. The molecule has 0 aliphatic carbocycles. The number of amides is 2. The van der Waals surface area contributed by atoms with E-state index in [1.807, 2.05) is 0 Å². The van der Waals surface area contributed by atoms with Crippen molar-refractivity contribution in [2.45, 2.75) is 6.18 Å². The number of thiocarbonyl (C=S) groups is 1. The zero-order valence-electron chi connectivity index (χ0n) is 16.6. The van der Waals surface area contributed by atoms with Crippen molar-refractivity contribution < 1.29 is 32.4 Å². The van der Waals surface area contributed by atoms with E-state index in [4.69, 9.17) is 17.0 Å². The summed E-state index contributed by atoms with van der Waals surface area (Å²) < 4.78 is 43.9. The number of ether oxygens (including phenoxy) is 1. The first-order valence-corrected chi connectivity index (χ1v) is 9.55. The highest BCUT2D eigenvalue weighted by Gasteiger charge is 2.34. The number of alkyl halides is 3. The number of benzene rings is 2. The van der Waals surface area contributed by atoms with E-state index in [0.717, 1.165) is 11.0 Å². The van der Waals surface area contributed by atoms with Crippen LogP contribution in [0.5, 0.6) is 11.5 Å². The minimum atomic E-state index is -4.74. The topological polar surface area (TPSA) is 102 Å². The standard InChI is InChI=1S/C21H14F3N3O5S/c1-2-9-26-19(29)15(18(28)25-20(26)33)10-12-3-6-14(7-4-12)32-17-8-5-13(21(22,23)24)11-16(17)27(30)31/h2-8,10-11H,1,9H2,(H,25,28,33)/b15-10+. The van der Waals surface area contributed by atoms with Crippen molar-refractivity contribution in [1.82, 2.24) is 10.2 Å². The first-order valence-electron chi connectivity index (χ1n) is 9.14. The number of carbonyl (C=O) groups excluding carboxylic acids is 2. The van der Waals surface area contributed by atoms with Crippen molar-refractivity contribution >= 4 is 40.9 Å². The lowest BCUT2D eigenvalue weighted by atomic mass is 10.1. The van der Waals surface area contributed by atoms with Gasteiger partial charge in [0.15, 0.2) is 5.11 Å². The second-order valence-electron chi connectivity index (χ2n) is 6.63. The quantitative estimate of drug-likeness (QED) is 0.167. The van der Waals surface area contributed by atoms with Crippen LogP contribution in [0.3, 0.4) is 0 Å². The summed E-state index contributed by atoms with van der Waals surface area (Å²) in [6.07, 6.45) is -1.97. The lowest BCUT2D eigenvalue weighted by molar-refractivity contribution is -0.385. The summed E-state index contributed by atoms with van der Waals surface area (Å²) in [5.74, 6) is -1.57. The van der Waals surface area contributed by atoms with Gasteiger partial charge in [0.05, 0.1) is 10.5 Å². The predicted octanol–water partition coefficient (Wildman–Crippen LogP) is 4.22. The summed E-state index contributed by atoms with van der Waals surface area (Å²) in [5.41, 5.74) is -1.77. The number of carbonyl (C=O) groups is 2. The van der Waals surface area contributed by atoms with E-state index < -0.39 is 34.2 Å². The van der Waals surface area contributed by atoms with Crippen LogP contribution in [-0.2, 0) is 15.8 Å². The highest BCUT2D eigenvalue weighted by molar-refractivity contribution is 7.80. The summed E-state index contributed by atoms with van der Waals surface area (Å²) >= 11 is 4.97. The summed E-state index contributed by atoms with van der Waals surface area (Å²) in [7, 11) is 0. The minimum absolute atomic E-state index is 0.0380. The smallest absolute Gasteiger partial charge is 0.416 e. The fourth-order valence-corrected chi connectivity index (χ4v) is 3.09. The molecule has 0 bridgehead atoms. The van der Waals surface area contributed by atoms with Gasteiger partial charge in [-0.05, 0) is 48.1 Å². The number of rotatable bonds is 6. The van der Waals surface area contributed by atoms with Gasteiger partial charge in [0, 0.05) is 12.6 Å². The van der Waals surface area contributed by atoms with E-state index in [1.165, 1.54) is 36.4 Å². The Labute approximate surface area is 190 Å². The maximum atomic E-state index is 12.8. The molecular formula is C21H14F3N3O5S. The zero-order chi connectivity index (χ0) is 24.3. The van der Waals surface area contributed by atoms with Gasteiger partial charge >= 0.3 is 11.9 Å². The van der Waals surface area contributed by atoms with Crippen LogP contribution in [0.15, 0.2) is 60.7 Å². The molecular weight excluding hydrogens is 463 g/mol. The molecule has 2 aromatic rings. The first-order chi connectivity index (χ1) is 15.5. The number of halogens is 3. The van der Waals surface area contributed by atoms with E-state index in [-0.39, 0.29) is 28.7 Å². The van der Waals surface area contributed by atoms with Crippen molar-refractivity contribution in [3.8, 4) is 11.5 Å². The van der Waals surface area contributed by atoms with Crippen LogP contribution in [0.4, 0.5) is 18.9 Å². The average molecular weight is 477 g/mol. The number of nitrogens with zero attached hydrogens (tertiary/aromatic N) is 2. The van der Waals surface area contributed by atoms with Crippen LogP contribution in [0.1, 0.15) is 11.1 Å². The van der Waals surface area contributed by atoms with Crippen LogP contribution in [0.25, 0.3) is 6.08 Å². The number of nitro groups is 1. The zero-order valence-corrected chi connectivity index (χ0v) is 17.4. The van der Waals surface area contributed by atoms with Gasteiger partial charge in [0.2, 0.25) is 5.75 Å². The van der Waals surface area contributed by atoms with E-state index in [1.54, 1.807) is 0 Å². The largest absolute Gasteiger partial charge is 0.450 e. The van der Waals surface area contributed by atoms with Crippen LogP contribution in [0, 0.1) is 10.1 Å². The van der Waals surface area contributed by atoms with Gasteiger partial charge in [-0.3, -0.25) is 29.9 Å². The summed E-state index contributed by atoms with van der Waals surface area (Å²) in [5, 5.41) is 13.6. The minimum Gasteiger partial charge on any atom is -0.450 e. The Bertz CT molecular complexity index is 1190. The third kappa shape index (κ3) is 5.23. The Hall–Kier alpha value is -4.06. The Balaban J connectivity index is 1.85. The van der Waals surface area contributed by atoms with Crippen LogP contribution in [0.2, 0.25) is 0 Å². The molecule has 12 heteroatoms. The second-order valence-corrected chi connectivity index (χ2v) is 7.02. The van der Waals surface area contributed by atoms with Gasteiger partial charge in [-0.1, -0.05) is 18.2 Å². The molecule has 1 heterocycles. The summed E-state index contributed by atoms with van der Waals surface area (Å²) in [6, 6.07) is 7.61. The van der Waals surface area contributed by atoms with Crippen molar-refractivity contribution in [3.63, 3.8) is 0 Å². The molecule has 0 spiro atoms. The maximum Gasteiger partial charge on any atom is 0.416 e. The molecule has 0 atom stereocenters. The molecule has 1 aliphatic rings. The number of nitrogens with one attached hydrogen (secondary N) is 1. The summed E-state index contributed by atoms with van der Waals surface area (Å²) in [4.78, 5) is 36.1. The molecule has 2 amide bonds. The second kappa shape index (κ2) is 9.20. The lowest BCUT2D eigenvalue weighted by Gasteiger charge is -2.27. The average Bonchev–Trinajstić information content (AvgIpc) is 2.74. The fraction of sp³-hybridized carbons (Fsp3) is 0.0952.